The Morgan fingerprint density at radius 2 is 1.89 bits per heavy atom. The van der Waals surface area contributed by atoms with Crippen molar-refractivity contribution in [1.82, 2.24) is 15.5 Å². The highest BCUT2D eigenvalue weighted by Gasteiger charge is 2.51. The predicted octanol–water partition coefficient (Wildman–Crippen LogP) is 2.68. The number of urea groups is 1. The summed E-state index contributed by atoms with van der Waals surface area (Å²) in [5, 5.41) is 5.55. The van der Waals surface area contributed by atoms with Crippen molar-refractivity contribution in [2.75, 3.05) is 13.1 Å². The first-order chi connectivity index (χ1) is 13.0. The van der Waals surface area contributed by atoms with E-state index in [0.29, 0.717) is 24.4 Å². The standard InChI is InChI=1S/C20H26FN3O3/c1-2-20(15-8-10-16(21)11-9-15)18(26)24(19(27)23-20)13-17(25)22-12-14-6-4-3-5-7-14/h8-11,14H,2-7,12-13H2,1H3,(H,22,25)(H,23,27)/t20-/m1/s1. The Labute approximate surface area is 158 Å². The van der Waals surface area contributed by atoms with Gasteiger partial charge in [0.05, 0.1) is 0 Å². The SMILES string of the molecule is CC[C@]1(c2ccc(F)cc2)NC(=O)N(CC(=O)NCC2CCCCC2)C1=O. The highest BCUT2D eigenvalue weighted by Crippen LogP contribution is 2.32. The monoisotopic (exact) mass is 375 g/mol. The van der Waals surface area contributed by atoms with Gasteiger partial charge in [0.15, 0.2) is 0 Å². The van der Waals surface area contributed by atoms with Gasteiger partial charge < -0.3 is 10.6 Å². The van der Waals surface area contributed by atoms with Gasteiger partial charge in [-0.3, -0.25) is 14.5 Å². The lowest BCUT2D eigenvalue weighted by Crippen LogP contribution is -2.45. The summed E-state index contributed by atoms with van der Waals surface area (Å²) in [5.74, 6) is -0.759. The van der Waals surface area contributed by atoms with E-state index in [1.807, 2.05) is 0 Å². The largest absolute Gasteiger partial charge is 0.354 e. The highest BCUT2D eigenvalue weighted by molar-refractivity contribution is 6.09. The third-order valence-corrected chi connectivity index (χ3v) is 5.66. The van der Waals surface area contributed by atoms with Crippen LogP contribution in [0.2, 0.25) is 0 Å². The Balaban J connectivity index is 1.65. The van der Waals surface area contributed by atoms with E-state index in [0.717, 1.165) is 17.7 Å². The van der Waals surface area contributed by atoms with Crippen molar-refractivity contribution in [1.29, 1.82) is 0 Å². The van der Waals surface area contributed by atoms with Crippen LogP contribution in [0.4, 0.5) is 9.18 Å². The van der Waals surface area contributed by atoms with Crippen LogP contribution in [0.1, 0.15) is 51.0 Å². The van der Waals surface area contributed by atoms with E-state index in [1.165, 1.54) is 43.5 Å². The lowest BCUT2D eigenvalue weighted by Gasteiger charge is -2.26. The summed E-state index contributed by atoms with van der Waals surface area (Å²) in [6, 6.07) is 4.89. The molecule has 1 aromatic carbocycles. The van der Waals surface area contributed by atoms with Crippen molar-refractivity contribution in [2.45, 2.75) is 51.0 Å². The molecule has 1 heterocycles. The normalized spacial score (nSPS) is 23.4. The molecule has 1 aromatic rings. The van der Waals surface area contributed by atoms with Gasteiger partial charge >= 0.3 is 6.03 Å². The van der Waals surface area contributed by atoms with E-state index in [9.17, 15) is 18.8 Å². The van der Waals surface area contributed by atoms with Gasteiger partial charge in [-0.15, -0.1) is 0 Å². The minimum absolute atomic E-state index is 0.305. The number of benzene rings is 1. The van der Waals surface area contributed by atoms with Gasteiger partial charge in [-0.2, -0.15) is 0 Å². The second kappa shape index (κ2) is 8.06. The topological polar surface area (TPSA) is 78.5 Å². The summed E-state index contributed by atoms with van der Waals surface area (Å²) in [6.45, 7) is 2.05. The van der Waals surface area contributed by atoms with Crippen molar-refractivity contribution in [3.63, 3.8) is 0 Å². The zero-order chi connectivity index (χ0) is 19.4. The van der Waals surface area contributed by atoms with E-state index < -0.39 is 23.3 Å². The number of carbonyl (C=O) groups excluding carboxylic acids is 3. The highest BCUT2D eigenvalue weighted by atomic mass is 19.1. The van der Waals surface area contributed by atoms with Crippen molar-refractivity contribution in [3.05, 3.63) is 35.6 Å². The smallest absolute Gasteiger partial charge is 0.325 e. The molecular formula is C20H26FN3O3. The summed E-state index contributed by atoms with van der Waals surface area (Å²) in [6.07, 6.45) is 6.13. The number of nitrogens with one attached hydrogen (secondary N) is 2. The summed E-state index contributed by atoms with van der Waals surface area (Å²) in [4.78, 5) is 38.6. The molecule has 1 aliphatic heterocycles. The van der Waals surface area contributed by atoms with Crippen molar-refractivity contribution in [2.24, 2.45) is 5.92 Å². The number of amides is 4. The molecule has 27 heavy (non-hydrogen) atoms. The van der Waals surface area contributed by atoms with Crippen LogP contribution in [0.15, 0.2) is 24.3 Å². The van der Waals surface area contributed by atoms with E-state index in [-0.39, 0.29) is 12.5 Å². The third kappa shape index (κ3) is 3.96. The summed E-state index contributed by atoms with van der Waals surface area (Å²) >= 11 is 0. The molecule has 0 radical (unpaired) electrons. The maximum atomic E-state index is 13.2. The molecule has 0 aromatic heterocycles. The van der Waals surface area contributed by atoms with E-state index in [2.05, 4.69) is 10.6 Å². The van der Waals surface area contributed by atoms with Crippen LogP contribution < -0.4 is 10.6 Å². The van der Waals surface area contributed by atoms with Crippen LogP contribution in [0, 0.1) is 11.7 Å². The molecule has 1 saturated heterocycles. The Bertz CT molecular complexity index is 716. The second-order valence-electron chi connectivity index (χ2n) is 7.40. The predicted molar refractivity (Wildman–Crippen MR) is 98.2 cm³/mol. The Kier molecular flexibility index (Phi) is 5.77. The first kappa shape index (κ1) is 19.3. The summed E-state index contributed by atoms with van der Waals surface area (Å²) < 4.78 is 13.2. The fraction of sp³-hybridized carbons (Fsp3) is 0.550. The van der Waals surface area contributed by atoms with E-state index >= 15 is 0 Å². The Hall–Kier alpha value is -2.44. The minimum Gasteiger partial charge on any atom is -0.354 e. The number of nitrogens with zero attached hydrogens (tertiary/aromatic N) is 1. The van der Waals surface area contributed by atoms with Gasteiger partial charge in [0, 0.05) is 6.54 Å². The molecular weight excluding hydrogens is 349 g/mol. The summed E-state index contributed by atoms with van der Waals surface area (Å²) in [5.41, 5.74) is -0.746. The molecule has 2 aliphatic rings. The first-order valence-corrected chi connectivity index (χ1v) is 9.63. The van der Waals surface area contributed by atoms with Crippen LogP contribution in [0.25, 0.3) is 0 Å². The maximum Gasteiger partial charge on any atom is 0.325 e. The second-order valence-corrected chi connectivity index (χ2v) is 7.40. The van der Waals surface area contributed by atoms with E-state index in [1.54, 1.807) is 6.92 Å². The fourth-order valence-electron chi connectivity index (χ4n) is 3.99. The molecule has 1 atom stereocenters. The third-order valence-electron chi connectivity index (χ3n) is 5.66. The maximum absolute atomic E-state index is 13.2. The molecule has 0 spiro atoms. The number of rotatable bonds is 6. The van der Waals surface area contributed by atoms with Gasteiger partial charge in [0.25, 0.3) is 5.91 Å². The van der Waals surface area contributed by atoms with Crippen LogP contribution in [-0.2, 0) is 15.1 Å². The minimum atomic E-state index is -1.26. The van der Waals surface area contributed by atoms with Crippen molar-refractivity contribution in [3.8, 4) is 0 Å². The molecule has 6 nitrogen and oxygen atoms in total. The molecule has 7 heteroatoms. The van der Waals surface area contributed by atoms with Crippen LogP contribution >= 0.6 is 0 Å². The zero-order valence-electron chi connectivity index (χ0n) is 15.6. The van der Waals surface area contributed by atoms with Crippen LogP contribution in [0.3, 0.4) is 0 Å². The average Bonchev–Trinajstić information content (AvgIpc) is 2.93. The zero-order valence-corrected chi connectivity index (χ0v) is 15.6. The van der Waals surface area contributed by atoms with Crippen LogP contribution in [0.5, 0.6) is 0 Å². The van der Waals surface area contributed by atoms with Gasteiger partial charge in [0.1, 0.15) is 17.9 Å². The Morgan fingerprint density at radius 3 is 2.52 bits per heavy atom. The molecule has 4 amide bonds. The lowest BCUT2D eigenvalue weighted by molar-refractivity contribution is -0.135. The van der Waals surface area contributed by atoms with Gasteiger partial charge in [0.2, 0.25) is 5.91 Å². The van der Waals surface area contributed by atoms with Crippen LogP contribution in [-0.4, -0.2) is 35.8 Å². The number of carbonyl (C=O) groups is 3. The lowest BCUT2D eigenvalue weighted by atomic mass is 9.87. The Morgan fingerprint density at radius 1 is 1.22 bits per heavy atom. The molecule has 1 saturated carbocycles. The first-order valence-electron chi connectivity index (χ1n) is 9.63. The quantitative estimate of drug-likeness (QED) is 0.751. The number of imide groups is 1. The fourth-order valence-corrected chi connectivity index (χ4v) is 3.99. The van der Waals surface area contributed by atoms with Gasteiger partial charge in [-0.05, 0) is 42.9 Å². The number of hydrogen-bond acceptors (Lipinski definition) is 3. The molecule has 2 N–H and O–H groups in total. The molecule has 146 valence electrons. The van der Waals surface area contributed by atoms with Crippen molar-refractivity contribution < 1.29 is 18.8 Å². The molecule has 1 aliphatic carbocycles. The number of halogens is 1. The van der Waals surface area contributed by atoms with Gasteiger partial charge in [-0.25, -0.2) is 9.18 Å². The molecule has 3 rings (SSSR count). The molecule has 2 fully saturated rings. The average molecular weight is 375 g/mol. The molecule has 0 unspecified atom stereocenters. The van der Waals surface area contributed by atoms with E-state index in [4.69, 9.17) is 0 Å². The number of hydrogen-bond donors (Lipinski definition) is 2. The summed E-state index contributed by atoms with van der Waals surface area (Å²) in [7, 11) is 0. The van der Waals surface area contributed by atoms with Crippen molar-refractivity contribution >= 4 is 17.8 Å². The molecule has 0 bridgehead atoms. The van der Waals surface area contributed by atoms with Gasteiger partial charge in [-0.1, -0.05) is 38.3 Å².